The van der Waals surface area contributed by atoms with Crippen LogP contribution < -0.4 is 11.1 Å². The van der Waals surface area contributed by atoms with E-state index in [0.717, 1.165) is 19.4 Å². The fourth-order valence-electron chi connectivity index (χ4n) is 1.36. The Labute approximate surface area is 99.6 Å². The lowest BCUT2D eigenvalue weighted by Crippen LogP contribution is -2.53. The minimum atomic E-state index is -0.271. The maximum absolute atomic E-state index is 11.3. The summed E-state index contributed by atoms with van der Waals surface area (Å²) < 4.78 is 0. The summed E-state index contributed by atoms with van der Waals surface area (Å²) in [4.78, 5) is 13.5. The van der Waals surface area contributed by atoms with Crippen LogP contribution in [0.2, 0.25) is 0 Å². The number of likely N-dealkylation sites (N-methyl/N-ethyl adjacent to an activating group) is 1. The Bertz CT molecular complexity index is 216. The number of hydrogen-bond acceptors (Lipinski definition) is 3. The number of nitrogens with zero attached hydrogens (tertiary/aromatic N) is 1. The van der Waals surface area contributed by atoms with Gasteiger partial charge in [-0.05, 0) is 40.3 Å². The van der Waals surface area contributed by atoms with Gasteiger partial charge in [0.2, 0.25) is 5.91 Å². The average Bonchev–Trinajstić information content (AvgIpc) is 2.23. The lowest BCUT2D eigenvalue weighted by molar-refractivity contribution is -0.120. The smallest absolute Gasteiger partial charge is 0.235 e. The predicted molar refractivity (Wildman–Crippen MR) is 68.3 cm³/mol. The van der Waals surface area contributed by atoms with Gasteiger partial charge in [-0.25, -0.2) is 0 Å². The lowest BCUT2D eigenvalue weighted by atomic mass is 9.99. The summed E-state index contributed by atoms with van der Waals surface area (Å²) in [5, 5.41) is 3.18. The van der Waals surface area contributed by atoms with Crippen molar-refractivity contribution in [3.05, 3.63) is 0 Å². The van der Waals surface area contributed by atoms with Gasteiger partial charge in [0.25, 0.3) is 0 Å². The van der Waals surface area contributed by atoms with Crippen LogP contribution in [0.4, 0.5) is 0 Å². The van der Waals surface area contributed by atoms with Crippen LogP contribution in [0, 0.1) is 0 Å². The summed E-state index contributed by atoms with van der Waals surface area (Å²) >= 11 is 0. The number of hydrogen-bond donors (Lipinski definition) is 2. The van der Waals surface area contributed by atoms with Gasteiger partial charge in [0.15, 0.2) is 0 Å². The van der Waals surface area contributed by atoms with Crippen LogP contribution in [0.3, 0.4) is 0 Å². The summed E-state index contributed by atoms with van der Waals surface area (Å²) in [5.74, 6) is -0.271. The van der Waals surface area contributed by atoms with Gasteiger partial charge >= 0.3 is 0 Å². The lowest BCUT2D eigenvalue weighted by Gasteiger charge is -2.36. The zero-order valence-corrected chi connectivity index (χ0v) is 11.3. The highest BCUT2D eigenvalue weighted by Gasteiger charge is 2.25. The van der Waals surface area contributed by atoms with E-state index in [0.29, 0.717) is 6.54 Å². The molecule has 4 heteroatoms. The van der Waals surface area contributed by atoms with E-state index in [1.165, 1.54) is 0 Å². The molecule has 0 saturated carbocycles. The van der Waals surface area contributed by atoms with Crippen molar-refractivity contribution < 1.29 is 4.79 Å². The van der Waals surface area contributed by atoms with Crippen LogP contribution in [-0.4, -0.2) is 42.5 Å². The molecule has 0 aromatic carbocycles. The molecule has 1 unspecified atom stereocenters. The number of primary amides is 1. The Hall–Kier alpha value is -0.610. The second-order valence-corrected chi connectivity index (χ2v) is 4.96. The minimum Gasteiger partial charge on any atom is -0.368 e. The van der Waals surface area contributed by atoms with E-state index in [4.69, 9.17) is 5.73 Å². The molecule has 0 aromatic rings. The number of carbonyl (C=O) groups is 1. The zero-order valence-electron chi connectivity index (χ0n) is 11.3. The Morgan fingerprint density at radius 3 is 2.38 bits per heavy atom. The van der Waals surface area contributed by atoms with E-state index in [1.54, 1.807) is 0 Å². The molecule has 0 aliphatic heterocycles. The van der Waals surface area contributed by atoms with E-state index in [1.807, 2.05) is 7.05 Å². The molecule has 0 bridgehead atoms. The fraction of sp³-hybridized carbons (Fsp3) is 0.917. The molecule has 0 spiro atoms. The van der Waals surface area contributed by atoms with Crippen molar-refractivity contribution in [2.75, 3.05) is 20.1 Å². The molecule has 1 amide bonds. The van der Waals surface area contributed by atoms with E-state index < -0.39 is 0 Å². The van der Waals surface area contributed by atoms with Crippen LogP contribution in [0.15, 0.2) is 0 Å². The summed E-state index contributed by atoms with van der Waals surface area (Å²) in [5.41, 5.74) is 5.48. The summed E-state index contributed by atoms with van der Waals surface area (Å²) in [6.07, 6.45) is 2.05. The highest BCUT2D eigenvalue weighted by molar-refractivity contribution is 5.80. The Balaban J connectivity index is 4.33. The van der Waals surface area contributed by atoms with Crippen LogP contribution in [0.25, 0.3) is 0 Å². The molecular formula is C12H27N3O. The average molecular weight is 229 g/mol. The van der Waals surface area contributed by atoms with E-state index in [-0.39, 0.29) is 17.5 Å². The summed E-state index contributed by atoms with van der Waals surface area (Å²) in [6.45, 7) is 10.1. The summed E-state index contributed by atoms with van der Waals surface area (Å²) in [6, 6.07) is -0.254. The normalized spacial score (nSPS) is 14.1. The molecule has 0 aliphatic carbocycles. The largest absolute Gasteiger partial charge is 0.368 e. The molecule has 16 heavy (non-hydrogen) atoms. The highest BCUT2D eigenvalue weighted by Crippen LogP contribution is 2.16. The summed E-state index contributed by atoms with van der Waals surface area (Å²) in [7, 11) is 2.03. The van der Waals surface area contributed by atoms with Gasteiger partial charge in [0.05, 0.1) is 6.04 Å². The third kappa shape index (κ3) is 4.94. The van der Waals surface area contributed by atoms with Crippen molar-refractivity contribution in [2.45, 2.75) is 52.1 Å². The number of carbonyl (C=O) groups excluding carboxylic acids is 1. The first-order valence-corrected chi connectivity index (χ1v) is 6.09. The Morgan fingerprint density at radius 2 is 2.00 bits per heavy atom. The van der Waals surface area contributed by atoms with Crippen LogP contribution in [0.5, 0.6) is 0 Å². The van der Waals surface area contributed by atoms with Gasteiger partial charge in [0, 0.05) is 12.1 Å². The molecule has 0 aliphatic rings. The van der Waals surface area contributed by atoms with Gasteiger partial charge in [-0.15, -0.1) is 0 Å². The van der Waals surface area contributed by atoms with Crippen molar-refractivity contribution in [2.24, 2.45) is 5.73 Å². The van der Waals surface area contributed by atoms with Gasteiger partial charge in [-0.2, -0.15) is 0 Å². The number of nitrogens with two attached hydrogens (primary N) is 1. The monoisotopic (exact) mass is 229 g/mol. The SMILES string of the molecule is CCCNC(CN(C)C(C)(C)CC)C(N)=O. The zero-order chi connectivity index (χ0) is 12.8. The molecule has 1 atom stereocenters. The van der Waals surface area contributed by atoms with Gasteiger partial charge in [-0.1, -0.05) is 13.8 Å². The van der Waals surface area contributed by atoms with Crippen molar-refractivity contribution in [1.82, 2.24) is 10.2 Å². The van der Waals surface area contributed by atoms with Crippen molar-refractivity contribution in [3.63, 3.8) is 0 Å². The standard InChI is InChI=1S/C12H27N3O/c1-6-8-14-10(11(13)16)9-15(5)12(3,4)7-2/h10,14H,6-9H2,1-5H3,(H2,13,16). The molecule has 0 heterocycles. The molecule has 96 valence electrons. The number of amides is 1. The van der Waals surface area contributed by atoms with Crippen LogP contribution in [-0.2, 0) is 4.79 Å². The molecule has 0 fully saturated rings. The van der Waals surface area contributed by atoms with E-state index >= 15 is 0 Å². The van der Waals surface area contributed by atoms with Gasteiger partial charge in [-0.3, -0.25) is 9.69 Å². The number of nitrogens with one attached hydrogen (secondary N) is 1. The topological polar surface area (TPSA) is 58.4 Å². The third-order valence-corrected chi connectivity index (χ3v) is 3.34. The second-order valence-electron chi connectivity index (χ2n) is 4.96. The van der Waals surface area contributed by atoms with Gasteiger partial charge in [0.1, 0.15) is 0 Å². The van der Waals surface area contributed by atoms with Crippen LogP contribution in [0.1, 0.15) is 40.5 Å². The van der Waals surface area contributed by atoms with E-state index in [2.05, 4.69) is 37.9 Å². The molecule has 0 saturated heterocycles. The van der Waals surface area contributed by atoms with Crippen molar-refractivity contribution >= 4 is 5.91 Å². The maximum Gasteiger partial charge on any atom is 0.235 e. The first-order chi connectivity index (χ1) is 7.35. The quantitative estimate of drug-likeness (QED) is 0.652. The minimum absolute atomic E-state index is 0.0988. The van der Waals surface area contributed by atoms with Crippen molar-refractivity contribution in [1.29, 1.82) is 0 Å². The fourth-order valence-corrected chi connectivity index (χ4v) is 1.36. The van der Waals surface area contributed by atoms with Crippen molar-refractivity contribution in [3.8, 4) is 0 Å². The van der Waals surface area contributed by atoms with E-state index in [9.17, 15) is 4.79 Å². The first-order valence-electron chi connectivity index (χ1n) is 6.09. The Kier molecular flexibility index (Phi) is 6.60. The second kappa shape index (κ2) is 6.86. The number of rotatable bonds is 8. The highest BCUT2D eigenvalue weighted by atomic mass is 16.1. The molecule has 4 nitrogen and oxygen atoms in total. The van der Waals surface area contributed by atoms with Gasteiger partial charge < -0.3 is 11.1 Å². The Morgan fingerprint density at radius 1 is 1.44 bits per heavy atom. The maximum atomic E-state index is 11.3. The molecule has 0 rings (SSSR count). The first kappa shape index (κ1) is 15.4. The van der Waals surface area contributed by atoms with Crippen LogP contribution >= 0.6 is 0 Å². The third-order valence-electron chi connectivity index (χ3n) is 3.34. The molecule has 3 N–H and O–H groups in total. The predicted octanol–water partition coefficient (Wildman–Crippen LogP) is 0.960. The molecule has 0 aromatic heterocycles. The molecular weight excluding hydrogens is 202 g/mol. The molecule has 0 radical (unpaired) electrons.